The molecule has 1 aromatic heterocycles. The normalized spacial score (nSPS) is 10.3. The number of nitrogens with two attached hydrogens (primary N) is 1. The summed E-state index contributed by atoms with van der Waals surface area (Å²) in [6, 6.07) is 9.75. The maximum Gasteiger partial charge on any atom is 0.150 e. The molecule has 0 radical (unpaired) electrons. The van der Waals surface area contributed by atoms with Crippen molar-refractivity contribution in [3.05, 3.63) is 52.9 Å². The van der Waals surface area contributed by atoms with E-state index in [2.05, 4.69) is 10.3 Å². The fourth-order valence-corrected chi connectivity index (χ4v) is 1.71. The van der Waals surface area contributed by atoms with Crippen LogP contribution in [0.2, 0.25) is 5.15 Å². The van der Waals surface area contributed by atoms with Gasteiger partial charge in [-0.15, -0.1) is 0 Å². The number of hydrogen-bond acceptors (Lipinski definition) is 3. The van der Waals surface area contributed by atoms with Gasteiger partial charge < -0.3 is 11.1 Å². The molecule has 0 aliphatic carbocycles. The van der Waals surface area contributed by atoms with Crippen LogP contribution in [-0.4, -0.2) is 11.5 Å². The molecular formula is C13H13ClFN3. The predicted molar refractivity (Wildman–Crippen MR) is 72.3 cm³/mol. The number of nitrogens with one attached hydrogen (secondary N) is 1. The Balaban J connectivity index is 1.92. The minimum absolute atomic E-state index is 0.229. The lowest BCUT2D eigenvalue weighted by atomic mass is 10.1. The molecule has 3 nitrogen and oxygen atoms in total. The molecule has 0 aliphatic heterocycles. The summed E-state index contributed by atoms with van der Waals surface area (Å²) < 4.78 is 12.7. The van der Waals surface area contributed by atoms with E-state index in [4.69, 9.17) is 17.3 Å². The first-order valence-corrected chi connectivity index (χ1v) is 5.93. The third-order valence-electron chi connectivity index (χ3n) is 2.51. The zero-order valence-corrected chi connectivity index (χ0v) is 10.4. The number of rotatable bonds is 4. The highest BCUT2D eigenvalue weighted by molar-refractivity contribution is 6.29. The van der Waals surface area contributed by atoms with Crippen LogP contribution in [-0.2, 0) is 6.42 Å². The van der Waals surface area contributed by atoms with Gasteiger partial charge in [0.1, 0.15) is 11.0 Å². The van der Waals surface area contributed by atoms with Gasteiger partial charge in [-0.05, 0) is 36.2 Å². The Hall–Kier alpha value is -1.81. The van der Waals surface area contributed by atoms with Gasteiger partial charge in [0.2, 0.25) is 0 Å². The van der Waals surface area contributed by atoms with Crippen molar-refractivity contribution in [3.63, 3.8) is 0 Å². The van der Waals surface area contributed by atoms with E-state index >= 15 is 0 Å². The molecular weight excluding hydrogens is 253 g/mol. The van der Waals surface area contributed by atoms with Crippen LogP contribution in [0.1, 0.15) is 5.56 Å². The Morgan fingerprint density at radius 2 is 1.89 bits per heavy atom. The molecule has 2 aromatic rings. The summed E-state index contributed by atoms with van der Waals surface area (Å²) in [7, 11) is 0. The second-order valence-corrected chi connectivity index (χ2v) is 4.26. The minimum atomic E-state index is -0.229. The fourth-order valence-electron chi connectivity index (χ4n) is 1.56. The molecule has 0 atom stereocenters. The molecule has 1 aromatic carbocycles. The predicted octanol–water partition coefficient (Wildman–Crippen LogP) is 3.11. The highest BCUT2D eigenvalue weighted by Gasteiger charge is 2.01. The van der Waals surface area contributed by atoms with E-state index in [1.165, 1.54) is 12.1 Å². The molecule has 0 bridgehead atoms. The number of aromatic nitrogens is 1. The minimum Gasteiger partial charge on any atom is -0.396 e. The van der Waals surface area contributed by atoms with Crippen molar-refractivity contribution in [2.75, 3.05) is 17.6 Å². The third kappa shape index (κ3) is 3.34. The number of anilines is 2. The SMILES string of the molecule is Nc1ccc(Cl)nc1NCCc1ccc(F)cc1. The maximum atomic E-state index is 12.7. The zero-order chi connectivity index (χ0) is 13.0. The van der Waals surface area contributed by atoms with E-state index in [1.807, 2.05) is 0 Å². The molecule has 1 heterocycles. The van der Waals surface area contributed by atoms with Gasteiger partial charge in [-0.2, -0.15) is 0 Å². The molecule has 0 saturated heterocycles. The van der Waals surface area contributed by atoms with Gasteiger partial charge in [-0.3, -0.25) is 0 Å². The number of pyridine rings is 1. The Kier molecular flexibility index (Phi) is 3.99. The average molecular weight is 266 g/mol. The van der Waals surface area contributed by atoms with Crippen LogP contribution in [0.3, 0.4) is 0 Å². The van der Waals surface area contributed by atoms with Gasteiger partial charge in [0.25, 0.3) is 0 Å². The van der Waals surface area contributed by atoms with Gasteiger partial charge in [0, 0.05) is 6.54 Å². The molecule has 94 valence electrons. The first-order chi connectivity index (χ1) is 8.65. The van der Waals surface area contributed by atoms with Crippen molar-refractivity contribution in [1.82, 2.24) is 4.98 Å². The fraction of sp³-hybridized carbons (Fsp3) is 0.154. The van der Waals surface area contributed by atoms with Gasteiger partial charge in [0.15, 0.2) is 5.82 Å². The van der Waals surface area contributed by atoms with Crippen LogP contribution in [0.5, 0.6) is 0 Å². The van der Waals surface area contributed by atoms with Crippen LogP contribution in [0.15, 0.2) is 36.4 Å². The Morgan fingerprint density at radius 3 is 2.61 bits per heavy atom. The summed E-state index contributed by atoms with van der Waals surface area (Å²) in [6.45, 7) is 0.656. The largest absolute Gasteiger partial charge is 0.396 e. The third-order valence-corrected chi connectivity index (χ3v) is 2.72. The number of nitrogen functional groups attached to an aromatic ring is 1. The topological polar surface area (TPSA) is 50.9 Å². The molecule has 0 amide bonds. The van der Waals surface area contributed by atoms with Gasteiger partial charge >= 0.3 is 0 Å². The van der Waals surface area contributed by atoms with Crippen LogP contribution < -0.4 is 11.1 Å². The van der Waals surface area contributed by atoms with E-state index < -0.39 is 0 Å². The highest BCUT2D eigenvalue weighted by atomic mass is 35.5. The Labute approximate surface area is 110 Å². The first kappa shape index (κ1) is 12.6. The van der Waals surface area contributed by atoms with Gasteiger partial charge in [-0.25, -0.2) is 9.37 Å². The summed E-state index contributed by atoms with van der Waals surface area (Å²) in [5.41, 5.74) is 7.36. The Morgan fingerprint density at radius 1 is 1.17 bits per heavy atom. The van der Waals surface area contributed by atoms with Crippen molar-refractivity contribution >= 4 is 23.1 Å². The van der Waals surface area contributed by atoms with Gasteiger partial charge in [0.05, 0.1) is 5.69 Å². The summed E-state index contributed by atoms with van der Waals surface area (Å²) in [4.78, 5) is 4.09. The van der Waals surface area contributed by atoms with E-state index in [1.54, 1.807) is 24.3 Å². The Bertz CT molecular complexity index is 528. The van der Waals surface area contributed by atoms with Crippen molar-refractivity contribution in [2.24, 2.45) is 0 Å². The quantitative estimate of drug-likeness (QED) is 0.835. The summed E-state index contributed by atoms with van der Waals surface area (Å²) in [6.07, 6.45) is 0.758. The first-order valence-electron chi connectivity index (χ1n) is 5.55. The monoisotopic (exact) mass is 265 g/mol. The lowest BCUT2D eigenvalue weighted by Gasteiger charge is -2.08. The number of benzene rings is 1. The van der Waals surface area contributed by atoms with Crippen LogP contribution in [0.4, 0.5) is 15.9 Å². The summed E-state index contributed by atoms with van der Waals surface area (Å²) >= 11 is 5.78. The molecule has 0 spiro atoms. The summed E-state index contributed by atoms with van der Waals surface area (Å²) in [5, 5.41) is 3.50. The molecule has 3 N–H and O–H groups in total. The smallest absolute Gasteiger partial charge is 0.150 e. The van der Waals surface area contributed by atoms with Crippen molar-refractivity contribution < 1.29 is 4.39 Å². The second kappa shape index (κ2) is 5.69. The molecule has 5 heteroatoms. The highest BCUT2D eigenvalue weighted by Crippen LogP contribution is 2.18. The summed E-state index contributed by atoms with van der Waals surface area (Å²) in [5.74, 6) is 0.345. The van der Waals surface area contributed by atoms with Crippen LogP contribution in [0.25, 0.3) is 0 Å². The van der Waals surface area contributed by atoms with Gasteiger partial charge in [-0.1, -0.05) is 23.7 Å². The number of halogens is 2. The zero-order valence-electron chi connectivity index (χ0n) is 9.66. The lowest BCUT2D eigenvalue weighted by molar-refractivity contribution is 0.627. The molecule has 18 heavy (non-hydrogen) atoms. The van der Waals surface area contributed by atoms with Crippen LogP contribution in [0, 0.1) is 5.82 Å². The number of hydrogen-bond donors (Lipinski definition) is 2. The van der Waals surface area contributed by atoms with E-state index in [0.29, 0.717) is 23.2 Å². The molecule has 0 saturated carbocycles. The molecule has 0 unspecified atom stereocenters. The van der Waals surface area contributed by atoms with E-state index in [-0.39, 0.29) is 5.82 Å². The van der Waals surface area contributed by atoms with E-state index in [9.17, 15) is 4.39 Å². The average Bonchev–Trinajstić information content (AvgIpc) is 2.36. The molecule has 0 aliphatic rings. The standard InChI is InChI=1S/C13H13ClFN3/c14-12-6-5-11(16)13(18-12)17-8-7-9-1-3-10(15)4-2-9/h1-6H,7-8,16H2,(H,17,18). The van der Waals surface area contributed by atoms with E-state index in [0.717, 1.165) is 12.0 Å². The molecule has 0 fully saturated rings. The molecule has 2 rings (SSSR count). The van der Waals surface area contributed by atoms with Crippen LogP contribution >= 0.6 is 11.6 Å². The van der Waals surface area contributed by atoms with Crippen molar-refractivity contribution in [2.45, 2.75) is 6.42 Å². The lowest BCUT2D eigenvalue weighted by Crippen LogP contribution is -2.08. The second-order valence-electron chi connectivity index (χ2n) is 3.88. The number of nitrogens with zero attached hydrogens (tertiary/aromatic N) is 1. The van der Waals surface area contributed by atoms with Crippen molar-refractivity contribution in [1.29, 1.82) is 0 Å². The maximum absolute atomic E-state index is 12.7. The van der Waals surface area contributed by atoms with Crippen molar-refractivity contribution in [3.8, 4) is 0 Å².